The van der Waals surface area contributed by atoms with Crippen LogP contribution in [0.3, 0.4) is 0 Å². The van der Waals surface area contributed by atoms with E-state index in [9.17, 15) is 10.1 Å². The second-order valence-electron chi connectivity index (χ2n) is 6.27. The average molecular weight is 266 g/mol. The van der Waals surface area contributed by atoms with Crippen LogP contribution in [0.2, 0.25) is 0 Å². The Labute approximate surface area is 113 Å². The Morgan fingerprint density at radius 1 is 1.53 bits per heavy atom. The monoisotopic (exact) mass is 266 g/mol. The molecule has 0 bridgehead atoms. The molecule has 0 aliphatic heterocycles. The van der Waals surface area contributed by atoms with E-state index in [0.717, 1.165) is 19.3 Å². The van der Waals surface area contributed by atoms with Crippen molar-refractivity contribution >= 4 is 11.5 Å². The molecule has 2 rings (SSSR count). The standard InChI is InChI=1S/C13H22N4O2/c1-9-11(17(18)19)12(16(4)15-9)14-10-6-5-7-13(2,3)8-10/h10,14H,5-8H2,1-4H3. The predicted molar refractivity (Wildman–Crippen MR) is 74.3 cm³/mol. The van der Waals surface area contributed by atoms with Gasteiger partial charge in [-0.3, -0.25) is 10.1 Å². The van der Waals surface area contributed by atoms with Crippen LogP contribution in [0, 0.1) is 22.5 Å². The zero-order chi connectivity index (χ0) is 14.2. The lowest BCUT2D eigenvalue weighted by Crippen LogP contribution is -2.32. The third-order valence-electron chi connectivity index (χ3n) is 3.92. The maximum absolute atomic E-state index is 11.1. The Hall–Kier alpha value is -1.59. The summed E-state index contributed by atoms with van der Waals surface area (Å²) >= 11 is 0. The van der Waals surface area contributed by atoms with Gasteiger partial charge >= 0.3 is 5.69 Å². The van der Waals surface area contributed by atoms with Crippen LogP contribution >= 0.6 is 0 Å². The van der Waals surface area contributed by atoms with Gasteiger partial charge in [0.25, 0.3) is 0 Å². The third-order valence-corrected chi connectivity index (χ3v) is 3.92. The van der Waals surface area contributed by atoms with E-state index in [1.165, 1.54) is 6.42 Å². The van der Waals surface area contributed by atoms with Crippen molar-refractivity contribution in [3.63, 3.8) is 0 Å². The summed E-state index contributed by atoms with van der Waals surface area (Å²) in [6.45, 7) is 6.18. The van der Waals surface area contributed by atoms with Crippen LogP contribution in [0.5, 0.6) is 0 Å². The van der Waals surface area contributed by atoms with Gasteiger partial charge in [0.05, 0.1) is 4.92 Å². The Balaban J connectivity index is 2.21. The summed E-state index contributed by atoms with van der Waals surface area (Å²) in [7, 11) is 1.75. The highest BCUT2D eigenvalue weighted by molar-refractivity contribution is 5.59. The highest BCUT2D eigenvalue weighted by Gasteiger charge is 2.31. The van der Waals surface area contributed by atoms with E-state index >= 15 is 0 Å². The lowest BCUT2D eigenvalue weighted by molar-refractivity contribution is -0.384. The predicted octanol–water partition coefficient (Wildman–Crippen LogP) is 3.02. The zero-order valence-corrected chi connectivity index (χ0v) is 12.1. The van der Waals surface area contributed by atoms with Gasteiger partial charge in [-0.1, -0.05) is 20.3 Å². The lowest BCUT2D eigenvalue weighted by atomic mass is 9.75. The summed E-state index contributed by atoms with van der Waals surface area (Å²) in [5.41, 5.74) is 0.870. The molecule has 1 heterocycles. The van der Waals surface area contributed by atoms with Crippen molar-refractivity contribution in [2.75, 3.05) is 5.32 Å². The van der Waals surface area contributed by atoms with Gasteiger partial charge in [-0.15, -0.1) is 0 Å². The molecule has 19 heavy (non-hydrogen) atoms. The van der Waals surface area contributed by atoms with Gasteiger partial charge in [-0.2, -0.15) is 5.10 Å². The van der Waals surface area contributed by atoms with E-state index < -0.39 is 0 Å². The van der Waals surface area contributed by atoms with Gasteiger partial charge in [-0.25, -0.2) is 4.68 Å². The number of anilines is 1. The van der Waals surface area contributed by atoms with Crippen molar-refractivity contribution in [2.24, 2.45) is 12.5 Å². The molecular formula is C13H22N4O2. The van der Waals surface area contributed by atoms with Crippen molar-refractivity contribution in [2.45, 2.75) is 52.5 Å². The number of aromatic nitrogens is 2. The molecule has 1 aromatic rings. The average Bonchev–Trinajstić information content (AvgIpc) is 2.52. The summed E-state index contributed by atoms with van der Waals surface area (Å²) in [6.07, 6.45) is 4.48. The van der Waals surface area contributed by atoms with Crippen molar-refractivity contribution in [3.05, 3.63) is 15.8 Å². The number of nitrogens with one attached hydrogen (secondary N) is 1. The summed E-state index contributed by atoms with van der Waals surface area (Å²) in [4.78, 5) is 10.8. The van der Waals surface area contributed by atoms with Crippen LogP contribution in [0.15, 0.2) is 0 Å². The van der Waals surface area contributed by atoms with Gasteiger partial charge in [0.2, 0.25) is 5.82 Å². The Kier molecular flexibility index (Phi) is 3.52. The molecule has 1 fully saturated rings. The maximum Gasteiger partial charge on any atom is 0.333 e. The van der Waals surface area contributed by atoms with Crippen LogP contribution in [0.4, 0.5) is 11.5 Å². The quantitative estimate of drug-likeness (QED) is 0.674. The Morgan fingerprint density at radius 2 is 2.21 bits per heavy atom. The van der Waals surface area contributed by atoms with Crippen LogP contribution in [0.25, 0.3) is 0 Å². The van der Waals surface area contributed by atoms with Gasteiger partial charge in [0, 0.05) is 13.1 Å². The molecule has 1 unspecified atom stereocenters. The molecule has 0 radical (unpaired) electrons. The molecule has 1 N–H and O–H groups in total. The van der Waals surface area contributed by atoms with Crippen LogP contribution in [-0.2, 0) is 7.05 Å². The molecular weight excluding hydrogens is 244 g/mol. The number of nitrogens with zero attached hydrogens (tertiary/aromatic N) is 3. The van der Waals surface area contributed by atoms with E-state index in [-0.39, 0.29) is 16.7 Å². The SMILES string of the molecule is Cc1nn(C)c(NC2CCCC(C)(C)C2)c1[N+](=O)[O-]. The van der Waals surface area contributed by atoms with Gasteiger partial charge in [-0.05, 0) is 31.6 Å². The van der Waals surface area contributed by atoms with Crippen LogP contribution in [-0.4, -0.2) is 20.7 Å². The Morgan fingerprint density at radius 3 is 2.79 bits per heavy atom. The summed E-state index contributed by atoms with van der Waals surface area (Å²) in [5.74, 6) is 0.533. The fraction of sp³-hybridized carbons (Fsp3) is 0.769. The minimum atomic E-state index is -0.349. The van der Waals surface area contributed by atoms with Crippen molar-refractivity contribution < 1.29 is 4.92 Å². The second kappa shape index (κ2) is 4.83. The molecule has 0 aromatic carbocycles. The molecule has 1 aliphatic carbocycles. The fourth-order valence-electron chi connectivity index (χ4n) is 3.04. The zero-order valence-electron chi connectivity index (χ0n) is 12.1. The maximum atomic E-state index is 11.1. The summed E-state index contributed by atoms with van der Waals surface area (Å²) in [5, 5.41) is 18.6. The summed E-state index contributed by atoms with van der Waals surface area (Å²) < 4.78 is 1.58. The molecule has 0 amide bonds. The third kappa shape index (κ3) is 2.88. The molecule has 6 nitrogen and oxygen atoms in total. The largest absolute Gasteiger partial charge is 0.362 e. The number of hydrogen-bond acceptors (Lipinski definition) is 4. The number of nitro groups is 1. The first kappa shape index (κ1) is 13.8. The van der Waals surface area contributed by atoms with E-state index in [1.54, 1.807) is 18.7 Å². The van der Waals surface area contributed by atoms with Crippen LogP contribution in [0.1, 0.15) is 45.2 Å². The van der Waals surface area contributed by atoms with E-state index in [4.69, 9.17) is 0 Å². The molecule has 0 saturated heterocycles. The van der Waals surface area contributed by atoms with Crippen molar-refractivity contribution in [3.8, 4) is 0 Å². The first-order valence-electron chi connectivity index (χ1n) is 6.75. The fourth-order valence-corrected chi connectivity index (χ4v) is 3.04. The molecule has 6 heteroatoms. The number of aryl methyl sites for hydroxylation is 2. The summed E-state index contributed by atoms with van der Waals surface area (Å²) in [6, 6.07) is 0.289. The number of hydrogen-bond donors (Lipinski definition) is 1. The molecule has 0 spiro atoms. The molecule has 1 aliphatic rings. The molecule has 1 saturated carbocycles. The Bertz CT molecular complexity index is 493. The van der Waals surface area contributed by atoms with Gasteiger partial charge in [0.1, 0.15) is 5.69 Å². The highest BCUT2D eigenvalue weighted by Crippen LogP contribution is 2.37. The van der Waals surface area contributed by atoms with Crippen molar-refractivity contribution in [1.29, 1.82) is 0 Å². The van der Waals surface area contributed by atoms with Crippen molar-refractivity contribution in [1.82, 2.24) is 9.78 Å². The van der Waals surface area contributed by atoms with E-state index in [0.29, 0.717) is 16.9 Å². The topological polar surface area (TPSA) is 73.0 Å². The molecule has 106 valence electrons. The minimum absolute atomic E-state index is 0.103. The molecule has 1 aromatic heterocycles. The number of rotatable bonds is 3. The van der Waals surface area contributed by atoms with Gasteiger partial charge in [0.15, 0.2) is 0 Å². The first-order chi connectivity index (χ1) is 8.80. The minimum Gasteiger partial charge on any atom is -0.362 e. The highest BCUT2D eigenvalue weighted by atomic mass is 16.6. The van der Waals surface area contributed by atoms with Crippen LogP contribution < -0.4 is 5.32 Å². The van der Waals surface area contributed by atoms with E-state index in [2.05, 4.69) is 24.3 Å². The molecule has 1 atom stereocenters. The lowest BCUT2D eigenvalue weighted by Gasteiger charge is -2.35. The smallest absolute Gasteiger partial charge is 0.333 e. The van der Waals surface area contributed by atoms with Gasteiger partial charge < -0.3 is 5.32 Å². The first-order valence-corrected chi connectivity index (χ1v) is 6.75. The normalized spacial score (nSPS) is 22.2. The van der Waals surface area contributed by atoms with E-state index in [1.807, 2.05) is 0 Å². The second-order valence-corrected chi connectivity index (χ2v) is 6.27.